The third kappa shape index (κ3) is 3.44. The SMILES string of the molecule is O=C(NCCCc1cnc2ncnn2c1)c1cc(-c2ccccc2)n[nH]1. The Morgan fingerprint density at radius 1 is 1.19 bits per heavy atom. The molecule has 3 aromatic heterocycles. The van der Waals surface area contributed by atoms with Crippen LogP contribution < -0.4 is 5.32 Å². The number of aryl methyl sites for hydroxylation is 1. The second-order valence-electron chi connectivity index (χ2n) is 5.86. The summed E-state index contributed by atoms with van der Waals surface area (Å²) in [4.78, 5) is 20.5. The first-order chi connectivity index (χ1) is 12.8. The van der Waals surface area contributed by atoms with Crippen molar-refractivity contribution in [2.75, 3.05) is 6.54 Å². The number of hydrogen-bond acceptors (Lipinski definition) is 5. The Hall–Kier alpha value is -3.55. The van der Waals surface area contributed by atoms with E-state index in [2.05, 4.69) is 30.6 Å². The summed E-state index contributed by atoms with van der Waals surface area (Å²) < 4.78 is 1.64. The number of fused-ring (bicyclic) bond motifs is 1. The maximum Gasteiger partial charge on any atom is 0.269 e. The average Bonchev–Trinajstić information content (AvgIpc) is 3.35. The first kappa shape index (κ1) is 15.9. The number of aromatic amines is 1. The Morgan fingerprint density at radius 3 is 2.96 bits per heavy atom. The molecule has 0 radical (unpaired) electrons. The largest absolute Gasteiger partial charge is 0.351 e. The van der Waals surface area contributed by atoms with Gasteiger partial charge in [-0.3, -0.25) is 9.89 Å². The lowest BCUT2D eigenvalue weighted by Crippen LogP contribution is -2.25. The van der Waals surface area contributed by atoms with Crippen molar-refractivity contribution in [2.45, 2.75) is 12.8 Å². The Kier molecular flexibility index (Phi) is 4.38. The van der Waals surface area contributed by atoms with Crippen LogP contribution >= 0.6 is 0 Å². The second-order valence-corrected chi connectivity index (χ2v) is 5.86. The standard InChI is InChI=1S/C18H17N7O/c26-17(16-9-15(23-24-16)14-6-2-1-3-7-14)19-8-4-5-13-10-20-18-21-12-22-25(18)11-13/h1-3,6-7,9-12H,4-5,8H2,(H,19,26)(H,23,24). The average molecular weight is 347 g/mol. The topological polar surface area (TPSA) is 101 Å². The molecule has 0 aliphatic carbocycles. The number of aromatic nitrogens is 6. The first-order valence-corrected chi connectivity index (χ1v) is 8.33. The van der Waals surface area contributed by atoms with Gasteiger partial charge in [-0.05, 0) is 24.5 Å². The fourth-order valence-electron chi connectivity index (χ4n) is 2.67. The summed E-state index contributed by atoms with van der Waals surface area (Å²) in [6.07, 6.45) is 6.75. The molecule has 0 aliphatic rings. The van der Waals surface area contributed by atoms with Crippen LogP contribution in [0.2, 0.25) is 0 Å². The molecule has 0 spiro atoms. The van der Waals surface area contributed by atoms with E-state index in [1.165, 1.54) is 6.33 Å². The summed E-state index contributed by atoms with van der Waals surface area (Å²) in [5.74, 6) is 0.417. The fraction of sp³-hybridized carbons (Fsp3) is 0.167. The highest BCUT2D eigenvalue weighted by atomic mass is 16.1. The van der Waals surface area contributed by atoms with E-state index in [1.54, 1.807) is 16.8 Å². The van der Waals surface area contributed by atoms with E-state index in [4.69, 9.17) is 0 Å². The van der Waals surface area contributed by atoms with Crippen LogP contribution in [0.15, 0.2) is 55.1 Å². The molecule has 0 saturated heterocycles. The molecule has 0 fully saturated rings. The minimum absolute atomic E-state index is 0.162. The monoisotopic (exact) mass is 347 g/mol. The highest BCUT2D eigenvalue weighted by molar-refractivity contribution is 5.93. The third-order valence-corrected chi connectivity index (χ3v) is 4.01. The number of benzene rings is 1. The van der Waals surface area contributed by atoms with Crippen LogP contribution in [-0.2, 0) is 6.42 Å². The molecule has 1 aromatic carbocycles. The highest BCUT2D eigenvalue weighted by Crippen LogP contribution is 2.16. The number of rotatable bonds is 6. The van der Waals surface area contributed by atoms with Gasteiger partial charge >= 0.3 is 0 Å². The van der Waals surface area contributed by atoms with Gasteiger partial charge in [-0.25, -0.2) is 9.50 Å². The number of carbonyl (C=O) groups is 1. The molecule has 0 aliphatic heterocycles. The van der Waals surface area contributed by atoms with Crippen molar-refractivity contribution in [1.29, 1.82) is 0 Å². The van der Waals surface area contributed by atoms with Crippen molar-refractivity contribution in [3.05, 3.63) is 66.4 Å². The molecule has 0 unspecified atom stereocenters. The van der Waals surface area contributed by atoms with Crippen LogP contribution in [-0.4, -0.2) is 42.2 Å². The van der Waals surface area contributed by atoms with E-state index >= 15 is 0 Å². The van der Waals surface area contributed by atoms with E-state index in [-0.39, 0.29) is 5.91 Å². The molecule has 2 N–H and O–H groups in total. The zero-order valence-electron chi connectivity index (χ0n) is 14.0. The molecule has 26 heavy (non-hydrogen) atoms. The molecule has 130 valence electrons. The smallest absolute Gasteiger partial charge is 0.269 e. The van der Waals surface area contributed by atoms with Crippen LogP contribution in [0.4, 0.5) is 0 Å². The molecule has 3 heterocycles. The van der Waals surface area contributed by atoms with E-state index < -0.39 is 0 Å². The van der Waals surface area contributed by atoms with Crippen LogP contribution in [0.25, 0.3) is 17.0 Å². The van der Waals surface area contributed by atoms with Gasteiger partial charge < -0.3 is 5.32 Å². The number of nitrogens with zero attached hydrogens (tertiary/aromatic N) is 5. The lowest BCUT2D eigenvalue weighted by atomic mass is 10.1. The van der Waals surface area contributed by atoms with Crippen molar-refractivity contribution < 1.29 is 4.79 Å². The Balaban J connectivity index is 1.29. The van der Waals surface area contributed by atoms with Gasteiger partial charge in [-0.2, -0.15) is 15.2 Å². The summed E-state index contributed by atoms with van der Waals surface area (Å²) in [5.41, 5.74) is 3.22. The number of carbonyl (C=O) groups excluding carboxylic acids is 1. The third-order valence-electron chi connectivity index (χ3n) is 4.01. The summed E-state index contributed by atoms with van der Waals surface area (Å²) in [6.45, 7) is 0.563. The van der Waals surface area contributed by atoms with Crippen molar-refractivity contribution in [1.82, 2.24) is 35.1 Å². The van der Waals surface area contributed by atoms with Crippen molar-refractivity contribution in [3.63, 3.8) is 0 Å². The molecule has 8 heteroatoms. The molecular formula is C18H17N7O. The maximum absolute atomic E-state index is 12.2. The highest BCUT2D eigenvalue weighted by Gasteiger charge is 2.10. The Labute approximate surface area is 149 Å². The predicted molar refractivity (Wildman–Crippen MR) is 95.5 cm³/mol. The quantitative estimate of drug-likeness (QED) is 0.519. The molecule has 4 aromatic rings. The van der Waals surface area contributed by atoms with Gasteiger partial charge in [0.15, 0.2) is 0 Å². The lowest BCUT2D eigenvalue weighted by Gasteiger charge is -2.04. The minimum atomic E-state index is -0.162. The normalized spacial score (nSPS) is 10.9. The molecule has 8 nitrogen and oxygen atoms in total. The van der Waals surface area contributed by atoms with E-state index in [1.807, 2.05) is 36.5 Å². The van der Waals surface area contributed by atoms with Gasteiger partial charge in [-0.1, -0.05) is 30.3 Å². The summed E-state index contributed by atoms with van der Waals surface area (Å²) in [7, 11) is 0. The zero-order chi connectivity index (χ0) is 17.8. The van der Waals surface area contributed by atoms with Crippen LogP contribution in [0.5, 0.6) is 0 Å². The van der Waals surface area contributed by atoms with Crippen LogP contribution in [0.1, 0.15) is 22.5 Å². The summed E-state index contributed by atoms with van der Waals surface area (Å²) >= 11 is 0. The van der Waals surface area contributed by atoms with Gasteiger partial charge in [0, 0.05) is 24.5 Å². The Morgan fingerprint density at radius 2 is 2.08 bits per heavy atom. The molecule has 4 rings (SSSR count). The van der Waals surface area contributed by atoms with Crippen molar-refractivity contribution >= 4 is 11.7 Å². The molecule has 0 bridgehead atoms. The van der Waals surface area contributed by atoms with Gasteiger partial charge in [0.25, 0.3) is 11.7 Å². The van der Waals surface area contributed by atoms with Crippen LogP contribution in [0.3, 0.4) is 0 Å². The maximum atomic E-state index is 12.2. The van der Waals surface area contributed by atoms with Crippen molar-refractivity contribution in [2.24, 2.45) is 0 Å². The first-order valence-electron chi connectivity index (χ1n) is 8.33. The van der Waals surface area contributed by atoms with Gasteiger partial charge in [0.2, 0.25) is 0 Å². The van der Waals surface area contributed by atoms with Gasteiger partial charge in [0.05, 0.1) is 5.69 Å². The summed E-state index contributed by atoms with van der Waals surface area (Å²) in [5, 5.41) is 14.0. The Bertz CT molecular complexity index is 1020. The van der Waals surface area contributed by atoms with E-state index in [0.29, 0.717) is 18.0 Å². The number of hydrogen-bond donors (Lipinski definition) is 2. The predicted octanol–water partition coefficient (Wildman–Crippen LogP) is 1.88. The van der Waals surface area contributed by atoms with Gasteiger partial charge in [0.1, 0.15) is 12.0 Å². The molecule has 0 saturated carbocycles. The summed E-state index contributed by atoms with van der Waals surface area (Å²) in [6, 6.07) is 11.5. The fourth-order valence-corrected chi connectivity index (χ4v) is 2.67. The lowest BCUT2D eigenvalue weighted by molar-refractivity contribution is 0.0948. The molecular weight excluding hydrogens is 330 g/mol. The van der Waals surface area contributed by atoms with E-state index in [9.17, 15) is 4.79 Å². The zero-order valence-corrected chi connectivity index (χ0v) is 14.0. The molecule has 1 amide bonds. The van der Waals surface area contributed by atoms with Gasteiger partial charge in [-0.15, -0.1) is 0 Å². The number of H-pyrrole nitrogens is 1. The number of nitrogens with one attached hydrogen (secondary N) is 2. The number of amides is 1. The minimum Gasteiger partial charge on any atom is -0.351 e. The molecule has 0 atom stereocenters. The van der Waals surface area contributed by atoms with E-state index in [0.717, 1.165) is 29.7 Å². The van der Waals surface area contributed by atoms with Crippen LogP contribution in [0, 0.1) is 0 Å². The second kappa shape index (κ2) is 7.14. The van der Waals surface area contributed by atoms with Crippen molar-refractivity contribution in [3.8, 4) is 11.3 Å².